The maximum absolute atomic E-state index is 7.40. The molecule has 0 unspecified atom stereocenters. The van der Waals surface area contributed by atoms with Gasteiger partial charge < -0.3 is 0 Å². The van der Waals surface area contributed by atoms with Gasteiger partial charge in [0, 0.05) is 22.3 Å². The van der Waals surface area contributed by atoms with Crippen LogP contribution in [0.4, 0.5) is 0 Å². The predicted molar refractivity (Wildman–Crippen MR) is 209 cm³/mol. The van der Waals surface area contributed by atoms with Crippen LogP contribution in [-0.4, -0.2) is 22.8 Å². The Morgan fingerprint density at radius 3 is 1.52 bits per heavy atom. The lowest BCUT2D eigenvalue weighted by molar-refractivity contribution is 1.40. The van der Waals surface area contributed by atoms with Crippen LogP contribution in [0.3, 0.4) is 0 Å². The van der Waals surface area contributed by atoms with E-state index in [-0.39, 0.29) is 0 Å². The molecule has 8 bridgehead atoms. The topological polar surface area (TPSA) is 49.4 Å². The lowest BCUT2D eigenvalue weighted by Crippen LogP contribution is -2.07. The Labute approximate surface area is 300 Å². The minimum Gasteiger partial charge on any atom is -0.249 e. The summed E-state index contributed by atoms with van der Waals surface area (Å²) >= 11 is 14.6. The van der Waals surface area contributed by atoms with Gasteiger partial charge >= 0.3 is 0 Å². The Morgan fingerprint density at radius 1 is 0.380 bits per heavy atom. The van der Waals surface area contributed by atoms with E-state index in [0.717, 1.165) is 73.1 Å². The van der Waals surface area contributed by atoms with Crippen molar-refractivity contribution >= 4 is 68.3 Å². The van der Waals surface area contributed by atoms with Crippen molar-refractivity contribution in [3.63, 3.8) is 0 Å². The maximum Gasteiger partial charge on any atom is 0.104 e. The van der Waals surface area contributed by atoms with E-state index < -0.39 is 0 Å². The standard InChI is InChI=1S/C44H26Cl2N4/c45-40-34-24-23-32(48-34)25-31-21-22-33(47-31)26-35-36(27-13-5-1-6-14-27)37(28-15-7-2-8-16-28)42(49-35)39(30-19-11-4-12-20-30)43-38(41(46)44(40)50-43)29-17-9-3-10-18-29/h1-26H. The lowest BCUT2D eigenvalue weighted by atomic mass is 9.85. The molecule has 0 N–H and O–H groups in total. The summed E-state index contributed by atoms with van der Waals surface area (Å²) in [5, 5.41) is 0.818. The molecule has 9 rings (SSSR count). The highest BCUT2D eigenvalue weighted by Crippen LogP contribution is 2.48. The summed E-state index contributed by atoms with van der Waals surface area (Å²) in [6.07, 6.45) is 11.8. The van der Waals surface area contributed by atoms with Gasteiger partial charge in [-0.1, -0.05) is 145 Å². The van der Waals surface area contributed by atoms with Gasteiger partial charge in [0.1, 0.15) is 5.71 Å². The molecule has 0 saturated carbocycles. The van der Waals surface area contributed by atoms with Crippen molar-refractivity contribution in [3.05, 3.63) is 213 Å². The van der Waals surface area contributed by atoms with Crippen molar-refractivity contribution in [1.82, 2.24) is 0 Å². The molecule has 5 aliphatic heterocycles. The molecule has 0 aliphatic carbocycles. The molecule has 0 spiro atoms. The van der Waals surface area contributed by atoms with Crippen molar-refractivity contribution in [2.75, 3.05) is 0 Å². The fraction of sp³-hybridized carbons (Fsp3) is 0. The van der Waals surface area contributed by atoms with Crippen LogP contribution in [0, 0.1) is 0 Å². The fourth-order valence-electron chi connectivity index (χ4n) is 6.72. The normalized spacial score (nSPS) is 18.0. The van der Waals surface area contributed by atoms with Crippen LogP contribution in [0.1, 0.15) is 22.3 Å². The second kappa shape index (κ2) is 12.5. The molecule has 0 amide bonds. The molecule has 0 fully saturated rings. The van der Waals surface area contributed by atoms with Crippen molar-refractivity contribution < 1.29 is 0 Å². The molecular formula is C44H26Cl2N4. The first-order chi connectivity index (χ1) is 24.6. The average Bonchev–Trinajstić information content (AvgIpc) is 3.96. The smallest absolute Gasteiger partial charge is 0.104 e. The van der Waals surface area contributed by atoms with E-state index in [1.807, 2.05) is 91.0 Å². The molecule has 0 saturated heterocycles. The van der Waals surface area contributed by atoms with Gasteiger partial charge in [0.2, 0.25) is 0 Å². The highest BCUT2D eigenvalue weighted by atomic mass is 35.5. The second-order valence-electron chi connectivity index (χ2n) is 12.1. The van der Waals surface area contributed by atoms with Crippen LogP contribution in [-0.2, 0) is 0 Å². The Bertz CT molecular complexity index is 2490. The second-order valence-corrected chi connectivity index (χ2v) is 12.8. The van der Waals surface area contributed by atoms with E-state index in [9.17, 15) is 0 Å². The summed E-state index contributed by atoms with van der Waals surface area (Å²) in [6.45, 7) is 0. The average molecular weight is 682 g/mol. The number of allylic oxidation sites excluding steroid dienone is 12. The van der Waals surface area contributed by atoms with Gasteiger partial charge in [0.15, 0.2) is 0 Å². The molecule has 4 aromatic rings. The number of rotatable bonds is 4. The van der Waals surface area contributed by atoms with Crippen molar-refractivity contribution in [1.29, 1.82) is 0 Å². The summed E-state index contributed by atoms with van der Waals surface area (Å²) < 4.78 is 0. The van der Waals surface area contributed by atoms with Crippen molar-refractivity contribution in [2.45, 2.75) is 0 Å². The first-order valence-corrected chi connectivity index (χ1v) is 17.0. The van der Waals surface area contributed by atoms with Crippen molar-refractivity contribution in [2.24, 2.45) is 20.0 Å². The molecule has 5 aliphatic rings. The Kier molecular flexibility index (Phi) is 7.54. The number of hydrogen-bond donors (Lipinski definition) is 0. The number of hydrogen-bond acceptors (Lipinski definition) is 4. The monoisotopic (exact) mass is 680 g/mol. The van der Waals surface area contributed by atoms with E-state index >= 15 is 0 Å². The molecule has 6 heteroatoms. The molecular weight excluding hydrogens is 655 g/mol. The van der Waals surface area contributed by atoms with Gasteiger partial charge in [-0.05, 0) is 58.7 Å². The molecule has 0 atom stereocenters. The van der Waals surface area contributed by atoms with Crippen molar-refractivity contribution in [3.8, 4) is 0 Å². The van der Waals surface area contributed by atoms with Gasteiger partial charge in [0.05, 0.1) is 50.0 Å². The van der Waals surface area contributed by atoms with E-state index in [4.69, 9.17) is 43.2 Å². The molecule has 4 aromatic carbocycles. The number of nitrogens with zero attached hydrogens (tertiary/aromatic N) is 4. The van der Waals surface area contributed by atoms with E-state index in [2.05, 4.69) is 66.7 Å². The zero-order valence-electron chi connectivity index (χ0n) is 26.6. The van der Waals surface area contributed by atoms with Gasteiger partial charge in [-0.2, -0.15) is 0 Å². The van der Waals surface area contributed by atoms with E-state index in [0.29, 0.717) is 27.2 Å². The van der Waals surface area contributed by atoms with Crippen LogP contribution >= 0.6 is 23.2 Å². The highest BCUT2D eigenvalue weighted by Gasteiger charge is 2.36. The van der Waals surface area contributed by atoms with E-state index in [1.165, 1.54) is 0 Å². The first-order valence-electron chi connectivity index (χ1n) is 16.3. The molecule has 5 heterocycles. The number of benzene rings is 4. The van der Waals surface area contributed by atoms with Gasteiger partial charge in [-0.3, -0.25) is 0 Å². The number of aliphatic imine (C=N–C) groups is 4. The summed E-state index contributed by atoms with van der Waals surface area (Å²) in [5.74, 6) is 0. The third-order valence-electron chi connectivity index (χ3n) is 8.94. The third-order valence-corrected chi connectivity index (χ3v) is 9.68. The third kappa shape index (κ3) is 5.26. The Balaban J connectivity index is 1.45. The largest absolute Gasteiger partial charge is 0.249 e. The molecule has 50 heavy (non-hydrogen) atoms. The van der Waals surface area contributed by atoms with E-state index in [1.54, 1.807) is 0 Å². The van der Waals surface area contributed by atoms with Crippen LogP contribution in [0.15, 0.2) is 211 Å². The van der Waals surface area contributed by atoms with Crippen LogP contribution in [0.2, 0.25) is 0 Å². The predicted octanol–water partition coefficient (Wildman–Crippen LogP) is 10.8. The minimum absolute atomic E-state index is 0.367. The SMILES string of the molecule is ClC1=C2C=CC(=N2)C=C2C=CC(=N2)C=C2N=C(C(c3ccccc3)=C3N=C1C(Cl)=C3c1ccccc1)C(c1ccccc1)=C2c1ccccc1. The summed E-state index contributed by atoms with van der Waals surface area (Å²) in [7, 11) is 0. The van der Waals surface area contributed by atoms with Crippen LogP contribution < -0.4 is 0 Å². The minimum atomic E-state index is 0.367. The number of halogens is 2. The Hall–Kier alpha value is -5.94. The Morgan fingerprint density at radius 2 is 0.900 bits per heavy atom. The first kappa shape index (κ1) is 30.1. The lowest BCUT2D eigenvalue weighted by Gasteiger charge is -2.17. The molecule has 4 nitrogen and oxygen atoms in total. The molecule has 0 aromatic heterocycles. The van der Waals surface area contributed by atoms with Gasteiger partial charge in [-0.25, -0.2) is 20.0 Å². The fourth-order valence-corrected chi connectivity index (χ4v) is 7.35. The zero-order valence-corrected chi connectivity index (χ0v) is 28.1. The highest BCUT2D eigenvalue weighted by molar-refractivity contribution is 6.60. The molecule has 0 radical (unpaired) electrons. The summed E-state index contributed by atoms with van der Waals surface area (Å²) in [6, 6.07) is 41.2. The van der Waals surface area contributed by atoms with Crippen LogP contribution in [0.25, 0.3) is 22.3 Å². The quantitative estimate of drug-likeness (QED) is 0.206. The summed E-state index contributed by atoms with van der Waals surface area (Å²) in [5.41, 5.74) is 13.2. The van der Waals surface area contributed by atoms with Gasteiger partial charge in [0.25, 0.3) is 0 Å². The summed E-state index contributed by atoms with van der Waals surface area (Å²) in [4.78, 5) is 20.6. The number of fused-ring (bicyclic) bond motifs is 4. The zero-order chi connectivity index (χ0) is 33.6. The van der Waals surface area contributed by atoms with Gasteiger partial charge in [-0.15, -0.1) is 0 Å². The maximum atomic E-state index is 7.40. The molecule has 236 valence electrons. The van der Waals surface area contributed by atoms with Crippen LogP contribution in [0.5, 0.6) is 0 Å².